The first-order chi connectivity index (χ1) is 6.45. The van der Waals surface area contributed by atoms with E-state index in [0.29, 0.717) is 0 Å². The van der Waals surface area contributed by atoms with Crippen LogP contribution in [0.5, 0.6) is 0 Å². The Morgan fingerprint density at radius 2 is 2.23 bits per heavy atom. The van der Waals surface area contributed by atoms with E-state index in [1.807, 2.05) is 24.3 Å². The Hall–Kier alpha value is -1.48. The van der Waals surface area contributed by atoms with Gasteiger partial charge in [0.05, 0.1) is 5.69 Å². The van der Waals surface area contributed by atoms with Crippen molar-refractivity contribution in [3.05, 3.63) is 46.4 Å². The number of nitrogens with zero attached hydrogens (tertiary/aromatic N) is 2. The summed E-state index contributed by atoms with van der Waals surface area (Å²) in [7, 11) is 0. The van der Waals surface area contributed by atoms with Crippen molar-refractivity contribution < 1.29 is 0 Å². The van der Waals surface area contributed by atoms with Gasteiger partial charge in [-0.15, -0.1) is 0 Å². The molecule has 0 spiro atoms. The Morgan fingerprint density at radius 1 is 1.23 bits per heavy atom. The van der Waals surface area contributed by atoms with Gasteiger partial charge in [-0.05, 0) is 40.6 Å². The summed E-state index contributed by atoms with van der Waals surface area (Å²) >= 11 is 1.69. The molecule has 0 aromatic carbocycles. The van der Waals surface area contributed by atoms with Crippen LogP contribution in [0.15, 0.2) is 35.2 Å². The molecule has 0 unspecified atom stereocenters. The van der Waals surface area contributed by atoms with Gasteiger partial charge in [0.15, 0.2) is 0 Å². The van der Waals surface area contributed by atoms with Crippen molar-refractivity contribution in [1.82, 2.24) is 10.2 Å². The van der Waals surface area contributed by atoms with E-state index < -0.39 is 0 Å². The summed E-state index contributed by atoms with van der Waals surface area (Å²) in [6.07, 6.45) is 5.65. The first kappa shape index (κ1) is 8.13. The summed E-state index contributed by atoms with van der Waals surface area (Å²) in [6, 6.07) is 5.87. The van der Waals surface area contributed by atoms with Crippen LogP contribution in [0.1, 0.15) is 11.3 Å². The van der Waals surface area contributed by atoms with Gasteiger partial charge in [-0.2, -0.15) is 21.5 Å². The lowest BCUT2D eigenvalue weighted by Crippen LogP contribution is -1.81. The van der Waals surface area contributed by atoms with E-state index >= 15 is 0 Å². The molecule has 2 nitrogen and oxygen atoms in total. The molecular formula is C10H8N2S. The standard InChI is InChI=1S/C10H8N2S/c1-2-10(12-11-6-1)4-3-9-5-7-13-8-9/h1-8H/b4-3+. The molecule has 0 atom stereocenters. The normalized spacial score (nSPS) is 10.8. The van der Waals surface area contributed by atoms with E-state index in [-0.39, 0.29) is 0 Å². The van der Waals surface area contributed by atoms with E-state index in [2.05, 4.69) is 27.0 Å². The Balaban J connectivity index is 2.15. The SMILES string of the molecule is C(=C\c1cccnn1)/c1ccsc1. The van der Waals surface area contributed by atoms with Crippen molar-refractivity contribution >= 4 is 23.5 Å². The highest BCUT2D eigenvalue weighted by molar-refractivity contribution is 7.08. The van der Waals surface area contributed by atoms with E-state index in [0.717, 1.165) is 5.69 Å². The quantitative estimate of drug-likeness (QED) is 0.724. The van der Waals surface area contributed by atoms with Crippen LogP contribution in [-0.2, 0) is 0 Å². The molecule has 0 aliphatic carbocycles. The summed E-state index contributed by atoms with van der Waals surface area (Å²) in [5.74, 6) is 0. The lowest BCUT2D eigenvalue weighted by atomic mass is 10.3. The van der Waals surface area contributed by atoms with Crippen LogP contribution >= 0.6 is 11.3 Å². The first-order valence-corrected chi connectivity index (χ1v) is 4.87. The third-order valence-corrected chi connectivity index (χ3v) is 2.28. The molecule has 13 heavy (non-hydrogen) atoms. The zero-order valence-corrected chi connectivity index (χ0v) is 7.74. The highest BCUT2D eigenvalue weighted by Crippen LogP contribution is 2.09. The van der Waals surface area contributed by atoms with E-state index in [9.17, 15) is 0 Å². The average molecular weight is 188 g/mol. The third-order valence-electron chi connectivity index (χ3n) is 1.58. The Labute approximate surface area is 80.6 Å². The lowest BCUT2D eigenvalue weighted by molar-refractivity contribution is 1.02. The summed E-state index contributed by atoms with van der Waals surface area (Å²) < 4.78 is 0. The average Bonchev–Trinajstić information content (AvgIpc) is 2.69. The molecule has 64 valence electrons. The van der Waals surface area contributed by atoms with Crippen LogP contribution in [0.4, 0.5) is 0 Å². The predicted octanol–water partition coefficient (Wildman–Crippen LogP) is 2.71. The molecular weight excluding hydrogens is 180 g/mol. The highest BCUT2D eigenvalue weighted by atomic mass is 32.1. The number of aromatic nitrogens is 2. The second-order valence-electron chi connectivity index (χ2n) is 2.54. The summed E-state index contributed by atoms with van der Waals surface area (Å²) in [4.78, 5) is 0. The molecule has 2 rings (SSSR count). The first-order valence-electron chi connectivity index (χ1n) is 3.93. The van der Waals surface area contributed by atoms with Crippen molar-refractivity contribution in [2.75, 3.05) is 0 Å². The molecule has 0 saturated carbocycles. The maximum absolute atomic E-state index is 3.94. The van der Waals surface area contributed by atoms with E-state index in [1.165, 1.54) is 5.56 Å². The molecule has 0 N–H and O–H groups in total. The lowest BCUT2D eigenvalue weighted by Gasteiger charge is -1.87. The van der Waals surface area contributed by atoms with Crippen molar-refractivity contribution in [1.29, 1.82) is 0 Å². The van der Waals surface area contributed by atoms with Gasteiger partial charge in [0, 0.05) is 6.20 Å². The topological polar surface area (TPSA) is 25.8 Å². The fraction of sp³-hybridized carbons (Fsp3) is 0. The van der Waals surface area contributed by atoms with Crippen molar-refractivity contribution in [2.24, 2.45) is 0 Å². The highest BCUT2D eigenvalue weighted by Gasteiger charge is 1.87. The summed E-state index contributed by atoms with van der Waals surface area (Å²) in [5, 5.41) is 11.9. The van der Waals surface area contributed by atoms with Gasteiger partial charge in [-0.1, -0.05) is 6.08 Å². The van der Waals surface area contributed by atoms with Gasteiger partial charge in [0.25, 0.3) is 0 Å². The van der Waals surface area contributed by atoms with Crippen LogP contribution in [0.3, 0.4) is 0 Å². The van der Waals surface area contributed by atoms with E-state index in [4.69, 9.17) is 0 Å². The van der Waals surface area contributed by atoms with Crippen LogP contribution in [0, 0.1) is 0 Å². The Kier molecular flexibility index (Phi) is 2.48. The number of hydrogen-bond donors (Lipinski definition) is 0. The summed E-state index contributed by atoms with van der Waals surface area (Å²) in [5.41, 5.74) is 2.09. The second-order valence-corrected chi connectivity index (χ2v) is 3.32. The zero-order chi connectivity index (χ0) is 8.93. The van der Waals surface area contributed by atoms with Gasteiger partial charge in [-0.25, -0.2) is 0 Å². The minimum Gasteiger partial charge on any atom is -0.159 e. The van der Waals surface area contributed by atoms with Crippen LogP contribution < -0.4 is 0 Å². The van der Waals surface area contributed by atoms with Crippen molar-refractivity contribution in [3.63, 3.8) is 0 Å². The monoisotopic (exact) mass is 188 g/mol. The number of rotatable bonds is 2. The molecule has 0 fully saturated rings. The molecule has 0 saturated heterocycles. The molecule has 0 amide bonds. The van der Waals surface area contributed by atoms with Crippen LogP contribution in [-0.4, -0.2) is 10.2 Å². The third kappa shape index (κ3) is 2.23. The van der Waals surface area contributed by atoms with Gasteiger partial charge >= 0.3 is 0 Å². The largest absolute Gasteiger partial charge is 0.159 e. The number of hydrogen-bond acceptors (Lipinski definition) is 3. The molecule has 0 radical (unpaired) electrons. The molecule has 3 heteroatoms. The zero-order valence-electron chi connectivity index (χ0n) is 6.92. The van der Waals surface area contributed by atoms with Gasteiger partial charge in [-0.3, -0.25) is 0 Å². The summed E-state index contributed by atoms with van der Waals surface area (Å²) in [6.45, 7) is 0. The Bertz CT molecular complexity index is 379. The smallest absolute Gasteiger partial charge is 0.0857 e. The van der Waals surface area contributed by atoms with Crippen molar-refractivity contribution in [3.8, 4) is 0 Å². The molecule has 0 bridgehead atoms. The van der Waals surface area contributed by atoms with Gasteiger partial charge < -0.3 is 0 Å². The fourth-order valence-electron chi connectivity index (χ4n) is 0.954. The molecule has 2 heterocycles. The molecule has 2 aromatic heterocycles. The maximum Gasteiger partial charge on any atom is 0.0857 e. The number of thiophene rings is 1. The minimum atomic E-state index is 0.883. The molecule has 0 aliphatic heterocycles. The second kappa shape index (κ2) is 3.96. The minimum absolute atomic E-state index is 0.883. The van der Waals surface area contributed by atoms with E-state index in [1.54, 1.807) is 17.5 Å². The van der Waals surface area contributed by atoms with Crippen LogP contribution in [0.2, 0.25) is 0 Å². The fourth-order valence-corrected chi connectivity index (χ4v) is 1.58. The predicted molar refractivity (Wildman–Crippen MR) is 55.3 cm³/mol. The van der Waals surface area contributed by atoms with Gasteiger partial charge in [0.1, 0.15) is 0 Å². The maximum atomic E-state index is 3.94. The molecule has 2 aromatic rings. The van der Waals surface area contributed by atoms with Crippen LogP contribution in [0.25, 0.3) is 12.2 Å². The Morgan fingerprint density at radius 3 is 2.92 bits per heavy atom. The molecule has 0 aliphatic rings. The van der Waals surface area contributed by atoms with Gasteiger partial charge in [0.2, 0.25) is 0 Å². The van der Waals surface area contributed by atoms with Crippen molar-refractivity contribution in [2.45, 2.75) is 0 Å².